The summed E-state index contributed by atoms with van der Waals surface area (Å²) in [6.45, 7) is 3.85. The standard InChI is InChI=1S/C24H27NO4S/c1-14-11-12-30-23(14)20-19(21(26)18-10-9-17(29-3)13-15(18)2)22(27)24(28)25(20)16-7-5-4-6-8-16/h9-13,16,20,26H,4-8H2,1-3H3/b21-19+. The zero-order valence-corrected chi connectivity index (χ0v) is 18.4. The molecule has 1 saturated heterocycles. The lowest BCUT2D eigenvalue weighted by Crippen LogP contribution is -2.40. The molecule has 1 N–H and O–H groups in total. The molecule has 0 bridgehead atoms. The van der Waals surface area contributed by atoms with Gasteiger partial charge in [0.2, 0.25) is 0 Å². The van der Waals surface area contributed by atoms with Crippen molar-refractivity contribution in [3.63, 3.8) is 0 Å². The third-order valence-electron chi connectivity index (χ3n) is 6.29. The zero-order valence-electron chi connectivity index (χ0n) is 17.6. The number of amides is 1. The number of carbonyl (C=O) groups excluding carboxylic acids is 2. The maximum absolute atomic E-state index is 13.2. The van der Waals surface area contributed by atoms with Gasteiger partial charge in [0, 0.05) is 16.5 Å². The van der Waals surface area contributed by atoms with Gasteiger partial charge in [0.1, 0.15) is 17.6 Å². The highest BCUT2D eigenvalue weighted by Crippen LogP contribution is 2.45. The van der Waals surface area contributed by atoms with Crippen molar-refractivity contribution >= 4 is 28.8 Å². The molecule has 1 aromatic heterocycles. The van der Waals surface area contributed by atoms with Gasteiger partial charge in [-0.05, 0) is 67.5 Å². The van der Waals surface area contributed by atoms with Crippen LogP contribution < -0.4 is 4.74 Å². The lowest BCUT2D eigenvalue weighted by atomic mass is 9.92. The molecule has 2 aliphatic rings. The molecule has 0 radical (unpaired) electrons. The summed E-state index contributed by atoms with van der Waals surface area (Å²) in [5, 5.41) is 13.2. The number of aliphatic hydroxyl groups excluding tert-OH is 1. The first-order valence-corrected chi connectivity index (χ1v) is 11.3. The minimum Gasteiger partial charge on any atom is -0.507 e. The molecule has 158 valence electrons. The van der Waals surface area contributed by atoms with Gasteiger partial charge in [0.15, 0.2) is 0 Å². The zero-order chi connectivity index (χ0) is 21.4. The van der Waals surface area contributed by atoms with E-state index in [2.05, 4.69) is 0 Å². The quantitative estimate of drug-likeness (QED) is 0.419. The predicted octanol–water partition coefficient (Wildman–Crippen LogP) is 5.13. The van der Waals surface area contributed by atoms with Crippen molar-refractivity contribution in [2.75, 3.05) is 7.11 Å². The fourth-order valence-electron chi connectivity index (χ4n) is 4.68. The summed E-state index contributed by atoms with van der Waals surface area (Å²) in [4.78, 5) is 29.1. The molecule has 2 heterocycles. The number of ether oxygens (including phenoxy) is 1. The second-order valence-electron chi connectivity index (χ2n) is 8.15. The SMILES string of the molecule is COc1ccc(/C(O)=C2\C(=O)C(=O)N(C3CCCCC3)C2c2sccc2C)c(C)c1. The summed E-state index contributed by atoms with van der Waals surface area (Å²) in [5.41, 5.74) is 2.57. The molecule has 6 heteroatoms. The van der Waals surface area contributed by atoms with Crippen LogP contribution in [0.5, 0.6) is 5.75 Å². The number of aliphatic hydroxyl groups is 1. The van der Waals surface area contributed by atoms with Crippen molar-refractivity contribution in [1.29, 1.82) is 0 Å². The lowest BCUT2D eigenvalue weighted by Gasteiger charge is -2.35. The topological polar surface area (TPSA) is 66.8 Å². The summed E-state index contributed by atoms with van der Waals surface area (Å²) in [6.07, 6.45) is 5.07. The Morgan fingerprint density at radius 1 is 1.10 bits per heavy atom. The molecule has 1 saturated carbocycles. The van der Waals surface area contributed by atoms with E-state index in [-0.39, 0.29) is 17.4 Å². The van der Waals surface area contributed by atoms with Crippen molar-refractivity contribution in [1.82, 2.24) is 4.90 Å². The Morgan fingerprint density at radius 3 is 2.43 bits per heavy atom. The summed E-state index contributed by atoms with van der Waals surface area (Å²) < 4.78 is 5.26. The highest BCUT2D eigenvalue weighted by molar-refractivity contribution is 7.10. The van der Waals surface area contributed by atoms with E-state index in [1.165, 1.54) is 11.3 Å². The van der Waals surface area contributed by atoms with Gasteiger partial charge < -0.3 is 14.7 Å². The normalized spacial score (nSPS) is 22.0. The minimum absolute atomic E-state index is 0.0314. The Balaban J connectivity index is 1.88. The Labute approximate surface area is 181 Å². The number of hydrogen-bond acceptors (Lipinski definition) is 5. The van der Waals surface area contributed by atoms with E-state index >= 15 is 0 Å². The van der Waals surface area contributed by atoms with Crippen LogP contribution in [-0.4, -0.2) is 34.8 Å². The highest BCUT2D eigenvalue weighted by Gasteiger charge is 2.49. The molecule has 2 aromatic rings. The summed E-state index contributed by atoms with van der Waals surface area (Å²) in [5.74, 6) is -0.513. The van der Waals surface area contributed by atoms with Gasteiger partial charge in [-0.2, -0.15) is 0 Å². The number of hydrogen-bond donors (Lipinski definition) is 1. The first-order chi connectivity index (χ1) is 14.4. The second-order valence-corrected chi connectivity index (χ2v) is 9.09. The fraction of sp³-hybridized carbons (Fsp3) is 0.417. The number of methoxy groups -OCH3 is 1. The number of nitrogens with zero attached hydrogens (tertiary/aromatic N) is 1. The fourth-order valence-corrected chi connectivity index (χ4v) is 5.71. The van der Waals surface area contributed by atoms with E-state index in [1.54, 1.807) is 24.1 Å². The molecule has 1 aliphatic heterocycles. The van der Waals surface area contributed by atoms with Crippen molar-refractivity contribution in [2.45, 2.75) is 58.0 Å². The van der Waals surface area contributed by atoms with Crippen LogP contribution in [0.3, 0.4) is 0 Å². The van der Waals surface area contributed by atoms with Gasteiger partial charge in [0.25, 0.3) is 11.7 Å². The number of likely N-dealkylation sites (tertiary alicyclic amines) is 1. The Bertz CT molecular complexity index is 1020. The molecule has 2 fully saturated rings. The first-order valence-electron chi connectivity index (χ1n) is 10.4. The molecular formula is C24H27NO4S. The van der Waals surface area contributed by atoms with E-state index in [0.29, 0.717) is 11.3 Å². The molecule has 30 heavy (non-hydrogen) atoms. The first kappa shape index (κ1) is 20.7. The molecule has 1 aliphatic carbocycles. The third-order valence-corrected chi connectivity index (χ3v) is 7.36. The van der Waals surface area contributed by atoms with Gasteiger partial charge in [-0.3, -0.25) is 9.59 Å². The molecule has 0 spiro atoms. The van der Waals surface area contributed by atoms with Crippen molar-refractivity contribution < 1.29 is 19.4 Å². The molecule has 5 nitrogen and oxygen atoms in total. The van der Waals surface area contributed by atoms with Gasteiger partial charge in [-0.1, -0.05) is 19.3 Å². The van der Waals surface area contributed by atoms with Gasteiger partial charge in [-0.25, -0.2) is 0 Å². The maximum atomic E-state index is 13.2. The van der Waals surface area contributed by atoms with Gasteiger partial charge in [0.05, 0.1) is 12.7 Å². The molecule has 4 rings (SSSR count). The predicted molar refractivity (Wildman–Crippen MR) is 118 cm³/mol. The van der Waals surface area contributed by atoms with Gasteiger partial charge >= 0.3 is 0 Å². The van der Waals surface area contributed by atoms with E-state index in [9.17, 15) is 14.7 Å². The summed E-state index contributed by atoms with van der Waals surface area (Å²) in [7, 11) is 1.59. The molecular weight excluding hydrogens is 398 g/mol. The number of carbonyl (C=O) groups is 2. The summed E-state index contributed by atoms with van der Waals surface area (Å²) in [6, 6.07) is 6.82. The largest absolute Gasteiger partial charge is 0.507 e. The van der Waals surface area contributed by atoms with Crippen LogP contribution in [0.2, 0.25) is 0 Å². The van der Waals surface area contributed by atoms with Gasteiger partial charge in [-0.15, -0.1) is 11.3 Å². The molecule has 1 amide bonds. The number of thiophene rings is 1. The van der Waals surface area contributed by atoms with E-state index in [4.69, 9.17) is 4.74 Å². The monoisotopic (exact) mass is 425 g/mol. The summed E-state index contributed by atoms with van der Waals surface area (Å²) >= 11 is 1.53. The molecule has 1 atom stereocenters. The second kappa shape index (κ2) is 8.26. The number of ketones is 1. The number of Topliss-reactive ketones (excluding diaryl/α,β-unsaturated/α-hetero) is 1. The van der Waals surface area contributed by atoms with Crippen LogP contribution in [0.4, 0.5) is 0 Å². The average molecular weight is 426 g/mol. The number of aryl methyl sites for hydroxylation is 2. The van der Waals surface area contributed by atoms with Crippen LogP contribution >= 0.6 is 11.3 Å². The van der Waals surface area contributed by atoms with Crippen LogP contribution in [0, 0.1) is 13.8 Å². The highest BCUT2D eigenvalue weighted by atomic mass is 32.1. The Morgan fingerprint density at radius 2 is 1.83 bits per heavy atom. The lowest BCUT2D eigenvalue weighted by molar-refractivity contribution is -0.141. The van der Waals surface area contributed by atoms with Crippen molar-refractivity contribution in [3.05, 3.63) is 56.8 Å². The van der Waals surface area contributed by atoms with E-state index in [0.717, 1.165) is 48.1 Å². The van der Waals surface area contributed by atoms with Crippen LogP contribution in [0.15, 0.2) is 35.2 Å². The molecule has 1 unspecified atom stereocenters. The minimum atomic E-state index is -0.592. The van der Waals surface area contributed by atoms with E-state index < -0.39 is 17.7 Å². The van der Waals surface area contributed by atoms with Crippen LogP contribution in [-0.2, 0) is 9.59 Å². The number of benzene rings is 1. The average Bonchev–Trinajstić information content (AvgIpc) is 3.28. The van der Waals surface area contributed by atoms with Crippen molar-refractivity contribution in [3.8, 4) is 5.75 Å². The number of rotatable bonds is 4. The Kier molecular flexibility index (Phi) is 5.69. The third kappa shape index (κ3) is 3.43. The molecule has 1 aromatic carbocycles. The smallest absolute Gasteiger partial charge is 0.295 e. The Hall–Kier alpha value is -2.60. The maximum Gasteiger partial charge on any atom is 0.295 e. The van der Waals surface area contributed by atoms with E-state index in [1.807, 2.05) is 31.4 Å². The van der Waals surface area contributed by atoms with Crippen LogP contribution in [0.1, 0.15) is 59.7 Å². The van der Waals surface area contributed by atoms with Crippen LogP contribution in [0.25, 0.3) is 5.76 Å². The van der Waals surface area contributed by atoms with Crippen molar-refractivity contribution in [2.24, 2.45) is 0 Å².